The first-order chi connectivity index (χ1) is 21.3. The van der Waals surface area contributed by atoms with E-state index in [0.717, 1.165) is 83.2 Å². The van der Waals surface area contributed by atoms with Crippen LogP contribution in [0.3, 0.4) is 0 Å². The van der Waals surface area contributed by atoms with Crippen molar-refractivity contribution in [1.29, 1.82) is 0 Å². The predicted octanol–water partition coefficient (Wildman–Crippen LogP) is 8.22. The minimum absolute atomic E-state index is 0. The molecule has 0 radical (unpaired) electrons. The van der Waals surface area contributed by atoms with Gasteiger partial charge in [-0.3, -0.25) is 9.59 Å². The second-order valence-corrected chi connectivity index (χ2v) is 13.7. The number of amides is 2. The monoisotopic (exact) mass is 669 g/mol. The van der Waals surface area contributed by atoms with Crippen LogP contribution in [0.1, 0.15) is 73.4 Å². The van der Waals surface area contributed by atoms with Crippen molar-refractivity contribution in [2.24, 2.45) is 5.41 Å². The summed E-state index contributed by atoms with van der Waals surface area (Å²) in [4.78, 5) is 30.3. The van der Waals surface area contributed by atoms with E-state index < -0.39 is 0 Å². The van der Waals surface area contributed by atoms with Crippen molar-refractivity contribution in [3.05, 3.63) is 106 Å². The predicted molar refractivity (Wildman–Crippen MR) is 188 cm³/mol. The van der Waals surface area contributed by atoms with Crippen LogP contribution in [0.15, 0.2) is 78.9 Å². The number of rotatable bonds is 11. The van der Waals surface area contributed by atoms with E-state index in [1.807, 2.05) is 54.3 Å². The first-order valence-corrected chi connectivity index (χ1v) is 16.9. The summed E-state index contributed by atoms with van der Waals surface area (Å²) in [5.74, 6) is 0.218. The first-order valence-electron chi connectivity index (χ1n) is 16.1. The van der Waals surface area contributed by atoms with Crippen molar-refractivity contribution < 1.29 is 9.59 Å². The fourth-order valence-corrected chi connectivity index (χ4v) is 7.52. The number of piperidine rings is 2. The Morgan fingerprint density at radius 2 is 1.56 bits per heavy atom. The van der Waals surface area contributed by atoms with Gasteiger partial charge in [0.05, 0.1) is 10.0 Å². The van der Waals surface area contributed by atoms with E-state index >= 15 is 0 Å². The lowest BCUT2D eigenvalue weighted by Gasteiger charge is -2.45. The molecule has 2 heterocycles. The van der Waals surface area contributed by atoms with Crippen molar-refractivity contribution in [1.82, 2.24) is 15.1 Å². The lowest BCUT2D eigenvalue weighted by atomic mass is 9.70. The number of halogens is 3. The number of benzene rings is 3. The quantitative estimate of drug-likeness (QED) is 0.224. The van der Waals surface area contributed by atoms with Crippen LogP contribution >= 0.6 is 35.6 Å². The molecule has 3 aromatic rings. The largest absolute Gasteiger partial charge is 0.356 e. The second-order valence-electron chi connectivity index (χ2n) is 12.8. The van der Waals surface area contributed by atoms with Gasteiger partial charge < -0.3 is 15.1 Å². The van der Waals surface area contributed by atoms with Gasteiger partial charge in [0.2, 0.25) is 5.91 Å². The molecule has 2 fully saturated rings. The van der Waals surface area contributed by atoms with Crippen LogP contribution in [0, 0.1) is 5.41 Å². The SMILES string of the molecule is CCC(=O)NCC1(Cc2ccccc2)CCN(CCCC2(c3ccc(Cl)c(Cl)c3)CCCN(C(=O)c3ccccc3)C2)CC1.Cl. The summed E-state index contributed by atoms with van der Waals surface area (Å²) in [6.45, 7) is 7.14. The van der Waals surface area contributed by atoms with E-state index in [4.69, 9.17) is 23.2 Å². The van der Waals surface area contributed by atoms with Gasteiger partial charge in [-0.1, -0.05) is 84.7 Å². The van der Waals surface area contributed by atoms with Gasteiger partial charge in [-0.2, -0.15) is 0 Å². The summed E-state index contributed by atoms with van der Waals surface area (Å²) in [6.07, 6.45) is 7.59. The van der Waals surface area contributed by atoms with E-state index in [2.05, 4.69) is 46.6 Å². The molecule has 0 aliphatic carbocycles. The third-order valence-corrected chi connectivity index (χ3v) is 10.6. The maximum Gasteiger partial charge on any atom is 0.253 e. The van der Waals surface area contributed by atoms with Gasteiger partial charge in [-0.15, -0.1) is 12.4 Å². The molecule has 3 aromatic carbocycles. The van der Waals surface area contributed by atoms with Crippen LogP contribution < -0.4 is 5.32 Å². The smallest absolute Gasteiger partial charge is 0.253 e. The Morgan fingerprint density at radius 1 is 0.867 bits per heavy atom. The van der Waals surface area contributed by atoms with Crippen LogP contribution in [-0.2, 0) is 16.6 Å². The maximum absolute atomic E-state index is 13.5. The van der Waals surface area contributed by atoms with Crippen molar-refractivity contribution in [2.45, 2.75) is 63.7 Å². The van der Waals surface area contributed by atoms with Gasteiger partial charge in [0.1, 0.15) is 0 Å². The number of carbonyl (C=O) groups excluding carboxylic acids is 2. The lowest BCUT2D eigenvalue weighted by Crippen LogP contribution is -2.49. The second kappa shape index (κ2) is 16.3. The van der Waals surface area contributed by atoms with Crippen molar-refractivity contribution >= 4 is 47.4 Å². The highest BCUT2D eigenvalue weighted by atomic mass is 35.5. The molecule has 0 spiro atoms. The zero-order valence-corrected chi connectivity index (χ0v) is 28.6. The molecular formula is C37H46Cl3N3O2. The van der Waals surface area contributed by atoms with Crippen molar-refractivity contribution in [3.8, 4) is 0 Å². The molecule has 2 amide bonds. The summed E-state index contributed by atoms with van der Waals surface area (Å²) < 4.78 is 0. The lowest BCUT2D eigenvalue weighted by molar-refractivity contribution is -0.121. The number of likely N-dealkylation sites (tertiary alicyclic amines) is 2. The maximum atomic E-state index is 13.5. The number of hydrogen-bond acceptors (Lipinski definition) is 3. The van der Waals surface area contributed by atoms with Gasteiger partial charge in [-0.05, 0) is 105 Å². The summed E-state index contributed by atoms with van der Waals surface area (Å²) in [7, 11) is 0. The summed E-state index contributed by atoms with van der Waals surface area (Å²) in [5, 5.41) is 4.33. The molecule has 0 saturated carbocycles. The minimum Gasteiger partial charge on any atom is -0.356 e. The molecule has 242 valence electrons. The number of carbonyl (C=O) groups is 2. The fourth-order valence-electron chi connectivity index (χ4n) is 7.23. The van der Waals surface area contributed by atoms with Crippen LogP contribution in [0.2, 0.25) is 10.0 Å². The molecule has 5 rings (SSSR count). The van der Waals surface area contributed by atoms with E-state index in [0.29, 0.717) is 23.0 Å². The Kier molecular flexibility index (Phi) is 12.8. The van der Waals surface area contributed by atoms with Crippen LogP contribution in [-0.4, -0.2) is 60.9 Å². The topological polar surface area (TPSA) is 52.7 Å². The minimum atomic E-state index is -0.172. The van der Waals surface area contributed by atoms with E-state index in [1.165, 1.54) is 11.1 Å². The van der Waals surface area contributed by atoms with Gasteiger partial charge in [0, 0.05) is 37.0 Å². The fraction of sp³-hybridized carbons (Fsp3) is 0.459. The Morgan fingerprint density at radius 3 is 2.22 bits per heavy atom. The van der Waals surface area contributed by atoms with E-state index in [-0.39, 0.29) is 35.1 Å². The molecule has 5 nitrogen and oxygen atoms in total. The summed E-state index contributed by atoms with van der Waals surface area (Å²) in [6, 6.07) is 26.3. The van der Waals surface area contributed by atoms with Gasteiger partial charge >= 0.3 is 0 Å². The van der Waals surface area contributed by atoms with Gasteiger partial charge in [0.15, 0.2) is 0 Å². The van der Waals surface area contributed by atoms with E-state index in [1.54, 1.807) is 0 Å². The molecule has 1 unspecified atom stereocenters. The third-order valence-electron chi connectivity index (χ3n) is 9.87. The number of hydrogen-bond donors (Lipinski definition) is 1. The molecule has 8 heteroatoms. The first kappa shape index (κ1) is 35.3. The molecular weight excluding hydrogens is 625 g/mol. The molecule has 45 heavy (non-hydrogen) atoms. The Bertz CT molecular complexity index is 1400. The number of nitrogens with zero attached hydrogens (tertiary/aromatic N) is 2. The van der Waals surface area contributed by atoms with Crippen LogP contribution in [0.4, 0.5) is 0 Å². The van der Waals surface area contributed by atoms with E-state index in [9.17, 15) is 9.59 Å². The zero-order chi connectivity index (χ0) is 31.0. The van der Waals surface area contributed by atoms with Crippen molar-refractivity contribution in [2.75, 3.05) is 39.3 Å². The standard InChI is InChI=1S/C37H45Cl2N3O2.ClH/c1-2-34(43)40-27-36(26-29-11-5-3-6-12-29)19-23-41(24-20-36)21-9-17-37(31-15-16-32(38)33(39)25-31)18-10-22-42(28-37)35(44)30-13-7-4-8-14-30;/h3-8,11-16,25H,2,9-10,17-24,26-28H2,1H3,(H,40,43);1H. The summed E-state index contributed by atoms with van der Waals surface area (Å²) in [5.41, 5.74) is 3.14. The zero-order valence-electron chi connectivity index (χ0n) is 26.3. The van der Waals surface area contributed by atoms with Crippen LogP contribution in [0.25, 0.3) is 0 Å². The highest BCUT2D eigenvalue weighted by Gasteiger charge is 2.40. The molecule has 2 aliphatic heterocycles. The molecule has 1 atom stereocenters. The Hall–Kier alpha value is -2.57. The molecule has 2 aliphatic rings. The highest BCUT2D eigenvalue weighted by molar-refractivity contribution is 6.42. The van der Waals surface area contributed by atoms with Crippen molar-refractivity contribution in [3.63, 3.8) is 0 Å². The molecule has 0 bridgehead atoms. The third kappa shape index (κ3) is 9.04. The van der Waals surface area contributed by atoms with Crippen LogP contribution in [0.5, 0.6) is 0 Å². The Balaban J connectivity index is 0.00000461. The Labute approximate surface area is 285 Å². The molecule has 2 saturated heterocycles. The van der Waals surface area contributed by atoms with Gasteiger partial charge in [0.25, 0.3) is 5.91 Å². The molecule has 0 aromatic heterocycles. The summed E-state index contributed by atoms with van der Waals surface area (Å²) >= 11 is 12.9. The van der Waals surface area contributed by atoms with Gasteiger partial charge in [-0.25, -0.2) is 0 Å². The number of nitrogens with one attached hydrogen (secondary N) is 1. The average Bonchev–Trinajstić information content (AvgIpc) is 3.06. The average molecular weight is 671 g/mol. The molecule has 1 N–H and O–H groups in total. The highest BCUT2D eigenvalue weighted by Crippen LogP contribution is 2.41. The normalized spacial score (nSPS) is 19.8.